The third-order valence-corrected chi connectivity index (χ3v) is 5.59. The standard InChI is InChI=1S/C26H32FNO5/c1-16(2)33-26(30)15-32-24-12-18(4)23(11-19(24)5)28-9-8-21(13-25(28)29)31-14-20-6-7-22(27)17(3)10-20/h6-13,16-18,22-23H,14-15H2,1-5H3/t17?,18-,22+,23?/m0/s1. The van der Waals surface area contributed by atoms with Gasteiger partial charge in [0.15, 0.2) is 6.61 Å². The van der Waals surface area contributed by atoms with Crippen molar-refractivity contribution in [3.05, 3.63) is 76.0 Å². The number of alkyl halides is 1. The van der Waals surface area contributed by atoms with Gasteiger partial charge in [-0.05, 0) is 50.1 Å². The third kappa shape index (κ3) is 6.46. The molecule has 7 heteroatoms. The quantitative estimate of drug-likeness (QED) is 0.530. The van der Waals surface area contributed by atoms with Crippen LogP contribution in [-0.2, 0) is 14.3 Å². The second-order valence-corrected chi connectivity index (χ2v) is 8.86. The molecule has 0 aliphatic heterocycles. The largest absolute Gasteiger partial charge is 0.489 e. The molecule has 0 fully saturated rings. The lowest BCUT2D eigenvalue weighted by Crippen LogP contribution is -2.28. The molecular formula is C26H32FNO5. The Morgan fingerprint density at radius 1 is 1.15 bits per heavy atom. The van der Waals surface area contributed by atoms with E-state index in [9.17, 15) is 14.0 Å². The fourth-order valence-corrected chi connectivity index (χ4v) is 3.83. The molecule has 0 aromatic carbocycles. The molecule has 33 heavy (non-hydrogen) atoms. The second-order valence-electron chi connectivity index (χ2n) is 8.86. The molecule has 0 saturated heterocycles. The van der Waals surface area contributed by atoms with Crippen LogP contribution in [0.4, 0.5) is 4.39 Å². The predicted octanol–water partition coefficient (Wildman–Crippen LogP) is 4.69. The number of hydrogen-bond acceptors (Lipinski definition) is 5. The van der Waals surface area contributed by atoms with Crippen LogP contribution in [0, 0.1) is 11.8 Å². The minimum Gasteiger partial charge on any atom is -0.489 e. The number of aromatic nitrogens is 1. The molecule has 178 valence electrons. The normalized spacial score (nSPS) is 24.6. The first kappa shape index (κ1) is 24.6. The SMILES string of the molecule is CC1=CC(n2ccc(OCC3=CC(C)[C@H](F)C=C3)cc2=O)[C@@H](C)C=C1OCC(=O)OC(C)C. The molecule has 0 radical (unpaired) electrons. The third-order valence-electron chi connectivity index (χ3n) is 5.59. The minimum absolute atomic E-state index is 0.0260. The average molecular weight is 458 g/mol. The lowest BCUT2D eigenvalue weighted by Gasteiger charge is -2.27. The monoisotopic (exact) mass is 457 g/mol. The van der Waals surface area contributed by atoms with Crippen molar-refractivity contribution >= 4 is 5.97 Å². The highest BCUT2D eigenvalue weighted by molar-refractivity contribution is 5.71. The van der Waals surface area contributed by atoms with Crippen LogP contribution in [-0.4, -0.2) is 36.0 Å². The summed E-state index contributed by atoms with van der Waals surface area (Å²) in [7, 11) is 0. The van der Waals surface area contributed by atoms with E-state index in [0.29, 0.717) is 11.5 Å². The van der Waals surface area contributed by atoms with Crippen molar-refractivity contribution in [2.45, 2.75) is 52.9 Å². The Kier molecular flexibility index (Phi) is 7.95. The Balaban J connectivity index is 1.64. The van der Waals surface area contributed by atoms with Gasteiger partial charge in [0.05, 0.1) is 12.1 Å². The molecule has 1 aromatic heterocycles. The summed E-state index contributed by atoms with van der Waals surface area (Å²) in [4.78, 5) is 24.6. The van der Waals surface area contributed by atoms with Crippen LogP contribution in [0.1, 0.15) is 40.7 Å². The van der Waals surface area contributed by atoms with Crippen molar-refractivity contribution < 1.29 is 23.4 Å². The summed E-state index contributed by atoms with van der Waals surface area (Å²) in [5.74, 6) is 0.451. The van der Waals surface area contributed by atoms with Crippen LogP contribution in [0.15, 0.2) is 70.4 Å². The molecule has 4 atom stereocenters. The smallest absolute Gasteiger partial charge is 0.344 e. The highest BCUT2D eigenvalue weighted by Crippen LogP contribution is 2.31. The number of hydrogen-bond donors (Lipinski definition) is 0. The first-order chi connectivity index (χ1) is 15.6. The zero-order valence-corrected chi connectivity index (χ0v) is 19.8. The number of pyridine rings is 1. The van der Waals surface area contributed by atoms with Gasteiger partial charge in [-0.3, -0.25) is 4.79 Å². The van der Waals surface area contributed by atoms with Crippen LogP contribution in [0.2, 0.25) is 0 Å². The van der Waals surface area contributed by atoms with E-state index in [0.717, 1.165) is 11.1 Å². The molecule has 0 saturated carbocycles. The fraction of sp³-hybridized carbons (Fsp3) is 0.462. The molecule has 2 aliphatic rings. The van der Waals surface area contributed by atoms with Crippen molar-refractivity contribution in [1.29, 1.82) is 0 Å². The number of allylic oxidation sites excluding steroid dienone is 5. The molecule has 2 unspecified atom stereocenters. The Morgan fingerprint density at radius 3 is 2.58 bits per heavy atom. The van der Waals surface area contributed by atoms with Gasteiger partial charge in [0.2, 0.25) is 0 Å². The second kappa shape index (κ2) is 10.7. The van der Waals surface area contributed by atoms with Gasteiger partial charge >= 0.3 is 5.97 Å². The number of esters is 1. The number of nitrogens with zero attached hydrogens (tertiary/aromatic N) is 1. The predicted molar refractivity (Wildman–Crippen MR) is 125 cm³/mol. The van der Waals surface area contributed by atoms with Crippen molar-refractivity contribution in [2.24, 2.45) is 11.8 Å². The van der Waals surface area contributed by atoms with Crippen LogP contribution in [0.25, 0.3) is 0 Å². The molecule has 0 N–H and O–H groups in total. The van der Waals surface area contributed by atoms with Crippen molar-refractivity contribution in [1.82, 2.24) is 4.57 Å². The number of rotatable bonds is 8. The van der Waals surface area contributed by atoms with E-state index in [1.807, 2.05) is 39.0 Å². The van der Waals surface area contributed by atoms with Crippen LogP contribution >= 0.6 is 0 Å². The molecule has 0 amide bonds. The van der Waals surface area contributed by atoms with Gasteiger partial charge in [-0.25, -0.2) is 9.18 Å². The Hall–Kier alpha value is -3.09. The summed E-state index contributed by atoms with van der Waals surface area (Å²) in [5, 5.41) is 0. The lowest BCUT2D eigenvalue weighted by molar-refractivity contribution is -0.151. The van der Waals surface area contributed by atoms with E-state index < -0.39 is 12.1 Å². The van der Waals surface area contributed by atoms with E-state index in [2.05, 4.69) is 0 Å². The summed E-state index contributed by atoms with van der Waals surface area (Å²) in [6.07, 6.45) is 9.52. The van der Waals surface area contributed by atoms with Crippen molar-refractivity contribution in [2.75, 3.05) is 13.2 Å². The van der Waals surface area contributed by atoms with Crippen LogP contribution in [0.5, 0.6) is 5.75 Å². The average Bonchev–Trinajstić information content (AvgIpc) is 2.75. The van der Waals surface area contributed by atoms with E-state index in [1.165, 1.54) is 12.1 Å². The molecule has 6 nitrogen and oxygen atoms in total. The van der Waals surface area contributed by atoms with Gasteiger partial charge in [0.1, 0.15) is 24.3 Å². The molecular weight excluding hydrogens is 425 g/mol. The molecule has 2 aliphatic carbocycles. The summed E-state index contributed by atoms with van der Waals surface area (Å²) in [5.41, 5.74) is 1.55. The minimum atomic E-state index is -0.972. The molecule has 0 bridgehead atoms. The molecule has 1 aromatic rings. The Morgan fingerprint density at radius 2 is 1.91 bits per heavy atom. The van der Waals surface area contributed by atoms with E-state index in [-0.39, 0.29) is 42.8 Å². The molecule has 1 heterocycles. The topological polar surface area (TPSA) is 66.8 Å². The van der Waals surface area contributed by atoms with E-state index in [4.69, 9.17) is 14.2 Å². The van der Waals surface area contributed by atoms with Crippen molar-refractivity contribution in [3.63, 3.8) is 0 Å². The molecule has 3 rings (SSSR count). The fourth-order valence-electron chi connectivity index (χ4n) is 3.83. The van der Waals surface area contributed by atoms with Gasteiger partial charge in [-0.15, -0.1) is 0 Å². The lowest BCUT2D eigenvalue weighted by atomic mass is 9.92. The van der Waals surface area contributed by atoms with Gasteiger partial charge in [-0.1, -0.05) is 32.1 Å². The van der Waals surface area contributed by atoms with E-state index >= 15 is 0 Å². The summed E-state index contributed by atoms with van der Waals surface area (Å²) in [6, 6.07) is 3.03. The maximum absolute atomic E-state index is 13.5. The number of carbonyl (C=O) groups excluding carboxylic acids is 1. The Labute approximate surface area is 194 Å². The van der Waals surface area contributed by atoms with Gasteiger partial charge in [0, 0.05) is 24.1 Å². The zero-order chi connectivity index (χ0) is 24.1. The maximum Gasteiger partial charge on any atom is 0.344 e. The number of halogens is 1. The first-order valence-electron chi connectivity index (χ1n) is 11.2. The van der Waals surface area contributed by atoms with Crippen LogP contribution < -0.4 is 10.3 Å². The van der Waals surface area contributed by atoms with Crippen molar-refractivity contribution in [3.8, 4) is 5.75 Å². The summed E-state index contributed by atoms with van der Waals surface area (Å²) in [6.45, 7) is 9.38. The number of ether oxygens (including phenoxy) is 3. The van der Waals surface area contributed by atoms with Crippen LogP contribution in [0.3, 0.4) is 0 Å². The highest BCUT2D eigenvalue weighted by atomic mass is 19.1. The number of carbonyl (C=O) groups is 1. The Bertz CT molecular complexity index is 1050. The molecule has 0 spiro atoms. The van der Waals surface area contributed by atoms with E-state index in [1.54, 1.807) is 36.8 Å². The first-order valence-corrected chi connectivity index (χ1v) is 11.2. The zero-order valence-electron chi connectivity index (χ0n) is 19.8. The summed E-state index contributed by atoms with van der Waals surface area (Å²) < 4.78 is 31.7. The van der Waals surface area contributed by atoms with Gasteiger partial charge < -0.3 is 18.8 Å². The summed E-state index contributed by atoms with van der Waals surface area (Å²) >= 11 is 0. The maximum atomic E-state index is 13.5. The van der Waals surface area contributed by atoms with Gasteiger partial charge in [0.25, 0.3) is 5.56 Å². The van der Waals surface area contributed by atoms with Gasteiger partial charge in [-0.2, -0.15) is 0 Å². The highest BCUT2D eigenvalue weighted by Gasteiger charge is 2.24.